The molecule has 0 heterocycles. The topological polar surface area (TPSA) is 0 Å². The number of rotatable bonds is 9. The van der Waals surface area contributed by atoms with Gasteiger partial charge in [0.2, 0.25) is 0 Å². The van der Waals surface area contributed by atoms with E-state index in [9.17, 15) is 0 Å². The van der Waals surface area contributed by atoms with Crippen LogP contribution in [0.2, 0.25) is 0 Å². The van der Waals surface area contributed by atoms with Crippen LogP contribution in [0.3, 0.4) is 0 Å². The van der Waals surface area contributed by atoms with Gasteiger partial charge in [-0.25, -0.2) is 0 Å². The highest BCUT2D eigenvalue weighted by atomic mass is 14.6. The summed E-state index contributed by atoms with van der Waals surface area (Å²) in [4.78, 5) is 0. The normalized spacial score (nSPS) is 49.8. The first-order valence-corrected chi connectivity index (χ1v) is 31.6. The Kier molecular flexibility index (Phi) is 15.3. The third-order valence-corrected chi connectivity index (χ3v) is 25.9. The highest BCUT2D eigenvalue weighted by Gasteiger charge is 2.57. The Morgan fingerprint density at radius 2 is 0.750 bits per heavy atom. The molecule has 0 nitrogen and oxygen atoms in total. The second-order valence-electron chi connectivity index (χ2n) is 28.3. The summed E-state index contributed by atoms with van der Waals surface area (Å²) in [6, 6.07) is 0. The van der Waals surface area contributed by atoms with Crippen molar-refractivity contribution in [2.45, 2.75) is 277 Å². The summed E-state index contributed by atoms with van der Waals surface area (Å²) in [6.07, 6.45) is 65.6. The van der Waals surface area contributed by atoms with Crippen molar-refractivity contribution in [3.05, 3.63) is 0 Å². The Morgan fingerprint density at radius 3 is 1.45 bits per heavy atom. The molecule has 2 bridgehead atoms. The van der Waals surface area contributed by atoms with E-state index in [2.05, 4.69) is 13.8 Å². The smallest absolute Gasteiger partial charge is 0.0300 e. The lowest BCUT2D eigenvalue weighted by Crippen LogP contribution is -2.52. The number of fused-ring (bicyclic) bond motifs is 6. The van der Waals surface area contributed by atoms with Gasteiger partial charge in [0.05, 0.1) is 0 Å². The van der Waals surface area contributed by atoms with Gasteiger partial charge in [-0.1, -0.05) is 162 Å². The van der Waals surface area contributed by atoms with Gasteiger partial charge in [-0.2, -0.15) is 0 Å². The van der Waals surface area contributed by atoms with E-state index in [0.29, 0.717) is 5.41 Å². The molecule has 19 atom stereocenters. The molecule has 0 aromatic heterocycles. The maximum Gasteiger partial charge on any atom is -0.0300 e. The van der Waals surface area contributed by atoms with Crippen molar-refractivity contribution in [3.63, 3.8) is 0 Å². The highest BCUT2D eigenvalue weighted by Crippen LogP contribution is 2.65. The van der Waals surface area contributed by atoms with E-state index in [1.807, 2.05) is 0 Å². The van der Waals surface area contributed by atoms with Gasteiger partial charge in [-0.05, 0) is 239 Å². The molecule has 0 heteroatoms. The molecule has 364 valence electrons. The van der Waals surface area contributed by atoms with Crippen LogP contribution in [-0.4, -0.2) is 0 Å². The molecule has 0 amide bonds. The molecule has 11 aliphatic carbocycles. The van der Waals surface area contributed by atoms with Gasteiger partial charge >= 0.3 is 0 Å². The van der Waals surface area contributed by atoms with Crippen LogP contribution in [0.25, 0.3) is 0 Å². The second kappa shape index (κ2) is 21.2. The summed E-state index contributed by atoms with van der Waals surface area (Å²) in [6.45, 7) is 5.26. The molecule has 0 saturated heterocycles. The first kappa shape index (κ1) is 46.4. The lowest BCUT2D eigenvalue weighted by Gasteiger charge is -2.60. The van der Waals surface area contributed by atoms with Gasteiger partial charge in [0.15, 0.2) is 0 Å². The zero-order valence-electron chi connectivity index (χ0n) is 43.0. The van der Waals surface area contributed by atoms with Gasteiger partial charge in [0.25, 0.3) is 0 Å². The van der Waals surface area contributed by atoms with Crippen LogP contribution in [0.15, 0.2) is 0 Å². The predicted molar refractivity (Wildman–Crippen MR) is 273 cm³/mol. The van der Waals surface area contributed by atoms with Crippen LogP contribution in [-0.2, 0) is 0 Å². The van der Waals surface area contributed by atoms with E-state index < -0.39 is 0 Å². The maximum absolute atomic E-state index is 2.72. The van der Waals surface area contributed by atoms with Crippen LogP contribution in [0.4, 0.5) is 0 Å². The van der Waals surface area contributed by atoms with E-state index in [0.717, 1.165) is 118 Å². The highest BCUT2D eigenvalue weighted by molar-refractivity contribution is 5.06. The van der Waals surface area contributed by atoms with Gasteiger partial charge in [0, 0.05) is 0 Å². The molecule has 12 unspecified atom stereocenters. The summed E-state index contributed by atoms with van der Waals surface area (Å²) in [7, 11) is 0. The van der Waals surface area contributed by atoms with E-state index in [4.69, 9.17) is 0 Å². The standard InChI is InChI=1S/C64H108/c1-3-64(2)39-18-17-26-53(64)27-19-32-55-54-28-13-14-29-56(54)63(46-23-9-6-10-24-46)59-38-37-49(43-60(55)59)48-34-36-51-42-52(41-48)62(50-35-33-44-20-11-12-25-47(44)40-50)58-31-16-15-30-57(58)61(51)45-21-7-4-5-8-22-45/h44-63H,3-43H2,1-2H3/t44-,47?,48?,49+,50+,51?,52?,53?,54?,55-,56?,57+,58-,59?,60?,61?,62?,63+,64?/m1/s1. The zero-order valence-corrected chi connectivity index (χ0v) is 43.0. The third-order valence-electron chi connectivity index (χ3n) is 25.9. The minimum Gasteiger partial charge on any atom is -0.0649 e. The van der Waals surface area contributed by atoms with E-state index in [-0.39, 0.29) is 0 Å². The Bertz CT molecular complexity index is 1430. The summed E-state index contributed by atoms with van der Waals surface area (Å²) in [5.74, 6) is 21.9. The number of hydrogen-bond acceptors (Lipinski definition) is 0. The summed E-state index contributed by atoms with van der Waals surface area (Å²) >= 11 is 0. The Morgan fingerprint density at radius 1 is 0.312 bits per heavy atom. The molecule has 0 aromatic rings. The summed E-state index contributed by atoms with van der Waals surface area (Å²) in [5.41, 5.74) is 0.639. The van der Waals surface area contributed by atoms with Gasteiger partial charge < -0.3 is 0 Å². The minimum absolute atomic E-state index is 0.639. The van der Waals surface area contributed by atoms with E-state index in [1.165, 1.54) is 25.7 Å². The SMILES string of the molecule is CCC1(C)CCCCC1CCC[C@@H]1C2CCCCC2[C@H](C2CCCCC2)C2CC[C@H](C3CCC4CC(C3)C([C@H]3CC[C@H]5CCCCC5C3)[C@@H]3CCCC[C@@H]3C4C3CCCCCC3)CC21. The fourth-order valence-corrected chi connectivity index (χ4v) is 23.1. The summed E-state index contributed by atoms with van der Waals surface area (Å²) < 4.78 is 0. The van der Waals surface area contributed by atoms with Crippen LogP contribution in [0.1, 0.15) is 277 Å². The molecule has 11 saturated carbocycles. The van der Waals surface area contributed by atoms with Gasteiger partial charge in [-0.3, -0.25) is 0 Å². The molecule has 0 N–H and O–H groups in total. The Balaban J connectivity index is 0.885. The first-order chi connectivity index (χ1) is 31.6. The fraction of sp³-hybridized carbons (Fsp3) is 1.00. The van der Waals surface area contributed by atoms with Gasteiger partial charge in [0.1, 0.15) is 0 Å². The molecule has 0 spiro atoms. The molecule has 11 rings (SSSR count). The predicted octanol–water partition coefficient (Wildman–Crippen LogP) is 19.5. The number of hydrogen-bond donors (Lipinski definition) is 0. The Hall–Kier alpha value is 0. The van der Waals surface area contributed by atoms with Crippen molar-refractivity contribution in [1.29, 1.82) is 0 Å². The molecule has 0 aromatic carbocycles. The maximum atomic E-state index is 2.72. The van der Waals surface area contributed by atoms with E-state index in [1.54, 1.807) is 238 Å². The molecular weight excluding hydrogens is 769 g/mol. The average molecular weight is 878 g/mol. The zero-order chi connectivity index (χ0) is 43.0. The van der Waals surface area contributed by atoms with Crippen LogP contribution < -0.4 is 0 Å². The van der Waals surface area contributed by atoms with Crippen LogP contribution >= 0.6 is 0 Å². The first-order valence-electron chi connectivity index (χ1n) is 31.6. The molecule has 0 aliphatic heterocycles. The lowest BCUT2D eigenvalue weighted by molar-refractivity contribution is -0.107. The van der Waals surface area contributed by atoms with Crippen molar-refractivity contribution in [2.75, 3.05) is 0 Å². The minimum atomic E-state index is 0.639. The summed E-state index contributed by atoms with van der Waals surface area (Å²) in [5, 5.41) is 0. The molecule has 11 fully saturated rings. The lowest BCUT2D eigenvalue weighted by atomic mass is 9.45. The van der Waals surface area contributed by atoms with Crippen LogP contribution in [0.5, 0.6) is 0 Å². The van der Waals surface area contributed by atoms with Crippen LogP contribution in [0, 0.1) is 124 Å². The van der Waals surface area contributed by atoms with Crippen molar-refractivity contribution >= 4 is 0 Å². The van der Waals surface area contributed by atoms with Crippen molar-refractivity contribution in [2.24, 2.45) is 124 Å². The van der Waals surface area contributed by atoms with Crippen molar-refractivity contribution in [3.8, 4) is 0 Å². The van der Waals surface area contributed by atoms with E-state index >= 15 is 0 Å². The largest absolute Gasteiger partial charge is 0.0649 e. The second-order valence-corrected chi connectivity index (χ2v) is 28.3. The third kappa shape index (κ3) is 9.48. The molecule has 11 aliphatic rings. The molecule has 64 heavy (non-hydrogen) atoms. The molecule has 0 radical (unpaired) electrons. The fourth-order valence-electron chi connectivity index (χ4n) is 23.1. The monoisotopic (exact) mass is 877 g/mol. The Labute approximate surface area is 399 Å². The quantitative estimate of drug-likeness (QED) is 0.203. The van der Waals surface area contributed by atoms with Gasteiger partial charge in [-0.15, -0.1) is 0 Å². The molecular formula is C64H108. The van der Waals surface area contributed by atoms with Crippen molar-refractivity contribution < 1.29 is 0 Å². The average Bonchev–Trinajstić information content (AvgIpc) is 3.80. The van der Waals surface area contributed by atoms with Crippen molar-refractivity contribution in [1.82, 2.24) is 0 Å².